The summed E-state index contributed by atoms with van der Waals surface area (Å²) in [7, 11) is 0. The van der Waals surface area contributed by atoms with Crippen LogP contribution in [0.1, 0.15) is 30.3 Å². The lowest BCUT2D eigenvalue weighted by Crippen LogP contribution is -2.43. The first-order valence-electron chi connectivity index (χ1n) is 6.40. The molecule has 0 radical (unpaired) electrons. The molecule has 1 aromatic heterocycles. The number of rotatable bonds is 4. The Morgan fingerprint density at radius 3 is 2.83 bits per heavy atom. The van der Waals surface area contributed by atoms with Crippen molar-refractivity contribution in [1.29, 1.82) is 0 Å². The molecule has 0 aromatic carbocycles. The Hall–Kier alpha value is -1.62. The summed E-state index contributed by atoms with van der Waals surface area (Å²) in [4.78, 5) is 17.4. The number of aromatic carboxylic acids is 1. The topological polar surface area (TPSA) is 65.5 Å². The molecular formula is C13H19N3O2. The number of piperidine rings is 1. The van der Waals surface area contributed by atoms with Gasteiger partial charge in [0.2, 0.25) is 0 Å². The smallest absolute Gasteiger partial charge is 0.354 e. The van der Waals surface area contributed by atoms with Crippen molar-refractivity contribution in [3.63, 3.8) is 0 Å². The molecule has 0 unspecified atom stereocenters. The first kappa shape index (κ1) is 12.8. The van der Waals surface area contributed by atoms with Gasteiger partial charge < -0.3 is 15.3 Å². The van der Waals surface area contributed by atoms with Crippen molar-refractivity contribution in [2.24, 2.45) is 0 Å². The van der Waals surface area contributed by atoms with Gasteiger partial charge in [-0.2, -0.15) is 0 Å². The average Bonchev–Trinajstić information content (AvgIpc) is 2.41. The van der Waals surface area contributed by atoms with E-state index in [4.69, 9.17) is 5.11 Å². The Bertz CT molecular complexity index is 416. The molecule has 1 aromatic rings. The first-order valence-corrected chi connectivity index (χ1v) is 6.40. The van der Waals surface area contributed by atoms with Crippen LogP contribution in [-0.2, 0) is 0 Å². The van der Waals surface area contributed by atoms with Gasteiger partial charge in [0.05, 0.1) is 0 Å². The number of nitrogens with one attached hydrogen (secondary N) is 1. The second-order valence-electron chi connectivity index (χ2n) is 4.45. The summed E-state index contributed by atoms with van der Waals surface area (Å²) >= 11 is 0. The van der Waals surface area contributed by atoms with Crippen LogP contribution >= 0.6 is 0 Å². The van der Waals surface area contributed by atoms with E-state index in [0.29, 0.717) is 6.04 Å². The van der Waals surface area contributed by atoms with Crippen LogP contribution in [0.2, 0.25) is 0 Å². The van der Waals surface area contributed by atoms with Gasteiger partial charge in [-0.1, -0.05) is 6.07 Å². The summed E-state index contributed by atoms with van der Waals surface area (Å²) in [5.74, 6) is -0.206. The van der Waals surface area contributed by atoms with Crippen LogP contribution in [0.5, 0.6) is 0 Å². The number of carboxylic acid groups (broad SMARTS) is 1. The first-order chi connectivity index (χ1) is 8.72. The normalized spacial score (nSPS) is 16.5. The summed E-state index contributed by atoms with van der Waals surface area (Å²) < 4.78 is 0. The molecule has 0 amide bonds. The molecule has 5 nitrogen and oxygen atoms in total. The highest BCUT2D eigenvalue weighted by Gasteiger charge is 2.21. The minimum Gasteiger partial charge on any atom is -0.477 e. The van der Waals surface area contributed by atoms with Gasteiger partial charge in [0.1, 0.15) is 5.82 Å². The van der Waals surface area contributed by atoms with E-state index in [-0.39, 0.29) is 5.69 Å². The Morgan fingerprint density at radius 1 is 1.50 bits per heavy atom. The minimum atomic E-state index is -0.974. The molecular weight excluding hydrogens is 230 g/mol. The Labute approximate surface area is 107 Å². The zero-order chi connectivity index (χ0) is 13.0. The Kier molecular flexibility index (Phi) is 4.15. The molecule has 2 N–H and O–H groups in total. The monoisotopic (exact) mass is 249 g/mol. The van der Waals surface area contributed by atoms with E-state index >= 15 is 0 Å². The molecule has 0 atom stereocenters. The summed E-state index contributed by atoms with van der Waals surface area (Å²) in [6, 6.07) is 5.63. The summed E-state index contributed by atoms with van der Waals surface area (Å²) in [6.45, 7) is 4.96. The van der Waals surface area contributed by atoms with Crippen molar-refractivity contribution in [3.05, 3.63) is 23.9 Å². The fourth-order valence-electron chi connectivity index (χ4n) is 2.43. The number of anilines is 1. The molecule has 0 aliphatic carbocycles. The quantitative estimate of drug-likeness (QED) is 0.843. The second kappa shape index (κ2) is 5.82. The van der Waals surface area contributed by atoms with Gasteiger partial charge in [0, 0.05) is 12.6 Å². The molecule has 1 saturated heterocycles. The maximum atomic E-state index is 10.9. The van der Waals surface area contributed by atoms with E-state index in [9.17, 15) is 4.79 Å². The molecule has 0 bridgehead atoms. The van der Waals surface area contributed by atoms with Crippen molar-refractivity contribution < 1.29 is 9.90 Å². The van der Waals surface area contributed by atoms with Crippen molar-refractivity contribution in [1.82, 2.24) is 10.3 Å². The molecule has 2 heterocycles. The molecule has 0 spiro atoms. The predicted molar refractivity (Wildman–Crippen MR) is 70.1 cm³/mol. The molecule has 1 fully saturated rings. The lowest BCUT2D eigenvalue weighted by molar-refractivity contribution is 0.0690. The van der Waals surface area contributed by atoms with Crippen LogP contribution in [0.3, 0.4) is 0 Å². The van der Waals surface area contributed by atoms with E-state index in [1.807, 2.05) is 6.07 Å². The second-order valence-corrected chi connectivity index (χ2v) is 4.45. The largest absolute Gasteiger partial charge is 0.477 e. The van der Waals surface area contributed by atoms with E-state index in [1.54, 1.807) is 6.07 Å². The third-order valence-corrected chi connectivity index (χ3v) is 3.34. The van der Waals surface area contributed by atoms with Gasteiger partial charge in [0.15, 0.2) is 5.69 Å². The summed E-state index contributed by atoms with van der Waals surface area (Å²) in [5, 5.41) is 12.3. The number of hydrogen-bond donors (Lipinski definition) is 2. The third-order valence-electron chi connectivity index (χ3n) is 3.34. The average molecular weight is 249 g/mol. The highest BCUT2D eigenvalue weighted by atomic mass is 16.4. The third kappa shape index (κ3) is 2.79. The van der Waals surface area contributed by atoms with E-state index < -0.39 is 5.97 Å². The van der Waals surface area contributed by atoms with Crippen molar-refractivity contribution in [2.45, 2.75) is 25.8 Å². The summed E-state index contributed by atoms with van der Waals surface area (Å²) in [6.07, 6.45) is 2.15. The van der Waals surface area contributed by atoms with Gasteiger partial charge in [-0.25, -0.2) is 9.78 Å². The van der Waals surface area contributed by atoms with E-state index in [2.05, 4.69) is 22.1 Å². The predicted octanol–water partition coefficient (Wildman–Crippen LogP) is 1.36. The molecule has 1 aliphatic heterocycles. The number of hydrogen-bond acceptors (Lipinski definition) is 4. The highest BCUT2D eigenvalue weighted by molar-refractivity contribution is 5.85. The van der Waals surface area contributed by atoms with Crippen molar-refractivity contribution in [3.8, 4) is 0 Å². The number of aromatic nitrogens is 1. The van der Waals surface area contributed by atoms with Crippen LogP contribution in [0, 0.1) is 0 Å². The van der Waals surface area contributed by atoms with Crippen LogP contribution in [0.25, 0.3) is 0 Å². The van der Waals surface area contributed by atoms with Gasteiger partial charge >= 0.3 is 5.97 Å². The van der Waals surface area contributed by atoms with Gasteiger partial charge in [0.25, 0.3) is 0 Å². The molecule has 5 heteroatoms. The van der Waals surface area contributed by atoms with Crippen LogP contribution in [0.4, 0.5) is 5.82 Å². The molecule has 98 valence electrons. The zero-order valence-corrected chi connectivity index (χ0v) is 10.6. The van der Waals surface area contributed by atoms with E-state index in [0.717, 1.165) is 38.3 Å². The molecule has 1 aliphatic rings. The van der Waals surface area contributed by atoms with Gasteiger partial charge in [-0.3, -0.25) is 0 Å². The van der Waals surface area contributed by atoms with Crippen molar-refractivity contribution in [2.75, 3.05) is 24.5 Å². The van der Waals surface area contributed by atoms with Gasteiger partial charge in [-0.05, 0) is 45.0 Å². The lowest BCUT2D eigenvalue weighted by Gasteiger charge is -2.34. The van der Waals surface area contributed by atoms with Crippen LogP contribution in [-0.4, -0.2) is 41.7 Å². The molecule has 18 heavy (non-hydrogen) atoms. The fourth-order valence-corrected chi connectivity index (χ4v) is 2.43. The Balaban J connectivity index is 2.20. The summed E-state index contributed by atoms with van der Waals surface area (Å²) in [5.41, 5.74) is 0.111. The fraction of sp³-hybridized carbons (Fsp3) is 0.538. The lowest BCUT2D eigenvalue weighted by atomic mass is 10.0. The number of pyridine rings is 1. The van der Waals surface area contributed by atoms with E-state index in [1.165, 1.54) is 6.07 Å². The number of nitrogens with zero attached hydrogens (tertiary/aromatic N) is 2. The van der Waals surface area contributed by atoms with Crippen LogP contribution < -0.4 is 10.2 Å². The number of carbonyl (C=O) groups is 1. The molecule has 0 saturated carbocycles. The molecule has 2 rings (SSSR count). The maximum absolute atomic E-state index is 10.9. The van der Waals surface area contributed by atoms with Gasteiger partial charge in [-0.15, -0.1) is 0 Å². The minimum absolute atomic E-state index is 0.111. The number of carboxylic acids is 1. The Morgan fingerprint density at radius 2 is 2.22 bits per heavy atom. The standard InChI is InChI=1S/C13H19N3O2/c1-2-16(10-6-8-14-9-7-10)12-5-3-4-11(15-12)13(17)18/h3-5,10,14H,2,6-9H2,1H3,(H,17,18). The maximum Gasteiger partial charge on any atom is 0.354 e. The van der Waals surface area contributed by atoms with Crippen LogP contribution in [0.15, 0.2) is 18.2 Å². The zero-order valence-electron chi connectivity index (χ0n) is 10.6. The highest BCUT2D eigenvalue weighted by Crippen LogP contribution is 2.19. The van der Waals surface area contributed by atoms with Crippen molar-refractivity contribution >= 4 is 11.8 Å². The SMILES string of the molecule is CCN(c1cccc(C(=O)O)n1)C1CCNCC1.